The van der Waals surface area contributed by atoms with Crippen LogP contribution in [0.3, 0.4) is 0 Å². The fourth-order valence-corrected chi connectivity index (χ4v) is 2.82. The van der Waals surface area contributed by atoms with Crippen molar-refractivity contribution in [3.63, 3.8) is 0 Å². The summed E-state index contributed by atoms with van der Waals surface area (Å²) in [6.45, 7) is 2.45. The minimum Gasteiger partial charge on any atom is -0.489 e. The van der Waals surface area contributed by atoms with Gasteiger partial charge in [0.1, 0.15) is 11.9 Å². The Bertz CT molecular complexity index is 648. The molecule has 3 rings (SSSR count). The molecular formula is C18H19ClF3NO. The summed E-state index contributed by atoms with van der Waals surface area (Å²) >= 11 is 0. The molecule has 130 valence electrons. The largest absolute Gasteiger partial charge is 0.489 e. The molecule has 0 saturated carbocycles. The molecular weight excluding hydrogens is 339 g/mol. The number of likely N-dealkylation sites (tertiary alicyclic amines) is 1. The summed E-state index contributed by atoms with van der Waals surface area (Å²) in [6, 6.07) is 15.2. The highest BCUT2D eigenvalue weighted by molar-refractivity contribution is 5.85. The highest BCUT2D eigenvalue weighted by Crippen LogP contribution is 2.32. The minimum absolute atomic E-state index is 0. The van der Waals surface area contributed by atoms with Crippen molar-refractivity contribution in [3.8, 4) is 5.75 Å². The highest BCUT2D eigenvalue weighted by atomic mass is 35.5. The van der Waals surface area contributed by atoms with Crippen molar-refractivity contribution in [2.45, 2.75) is 25.2 Å². The molecule has 2 aromatic carbocycles. The van der Waals surface area contributed by atoms with E-state index in [2.05, 4.69) is 17.0 Å². The zero-order valence-electron chi connectivity index (χ0n) is 13.0. The van der Waals surface area contributed by atoms with E-state index in [4.69, 9.17) is 4.74 Å². The van der Waals surface area contributed by atoms with Gasteiger partial charge >= 0.3 is 6.18 Å². The van der Waals surface area contributed by atoms with Crippen LogP contribution in [0.2, 0.25) is 0 Å². The maximum absolute atomic E-state index is 12.7. The van der Waals surface area contributed by atoms with Gasteiger partial charge in [-0.2, -0.15) is 13.2 Å². The Balaban J connectivity index is 0.00000208. The summed E-state index contributed by atoms with van der Waals surface area (Å²) in [6.07, 6.45) is -3.58. The maximum Gasteiger partial charge on any atom is 0.416 e. The zero-order valence-corrected chi connectivity index (χ0v) is 13.8. The summed E-state index contributed by atoms with van der Waals surface area (Å²) in [7, 11) is 0. The third kappa shape index (κ3) is 4.89. The first-order chi connectivity index (χ1) is 11.0. The van der Waals surface area contributed by atoms with Crippen molar-refractivity contribution >= 4 is 12.4 Å². The molecule has 2 nitrogen and oxygen atoms in total. The number of halogens is 4. The van der Waals surface area contributed by atoms with Crippen molar-refractivity contribution in [2.75, 3.05) is 13.1 Å². The second-order valence-electron chi connectivity index (χ2n) is 5.77. The molecule has 0 aromatic heterocycles. The van der Waals surface area contributed by atoms with E-state index < -0.39 is 11.7 Å². The first kappa shape index (κ1) is 18.6. The van der Waals surface area contributed by atoms with Crippen LogP contribution >= 0.6 is 12.4 Å². The maximum atomic E-state index is 12.7. The van der Waals surface area contributed by atoms with Crippen LogP contribution in [0.25, 0.3) is 0 Å². The van der Waals surface area contributed by atoms with Crippen molar-refractivity contribution in [1.82, 2.24) is 4.90 Å². The first-order valence-electron chi connectivity index (χ1n) is 7.61. The van der Waals surface area contributed by atoms with Crippen LogP contribution in [0.1, 0.15) is 17.5 Å². The highest BCUT2D eigenvalue weighted by Gasteiger charge is 2.31. The normalized spacial score (nSPS) is 18.2. The molecule has 1 heterocycles. The second-order valence-corrected chi connectivity index (χ2v) is 5.77. The van der Waals surface area contributed by atoms with Crippen LogP contribution in [0.5, 0.6) is 5.75 Å². The number of alkyl halides is 3. The number of hydrogen-bond acceptors (Lipinski definition) is 2. The third-order valence-corrected chi connectivity index (χ3v) is 3.94. The Morgan fingerprint density at radius 3 is 2.50 bits per heavy atom. The van der Waals surface area contributed by atoms with Gasteiger partial charge in [0, 0.05) is 19.6 Å². The van der Waals surface area contributed by atoms with Crippen molar-refractivity contribution in [3.05, 3.63) is 65.7 Å². The predicted octanol–water partition coefficient (Wildman–Crippen LogP) is 4.78. The van der Waals surface area contributed by atoms with Gasteiger partial charge in [-0.15, -0.1) is 12.4 Å². The lowest BCUT2D eigenvalue weighted by Crippen LogP contribution is -2.24. The van der Waals surface area contributed by atoms with Gasteiger partial charge in [0.05, 0.1) is 5.56 Å². The van der Waals surface area contributed by atoms with Crippen LogP contribution in [-0.4, -0.2) is 24.1 Å². The molecule has 0 aliphatic carbocycles. The topological polar surface area (TPSA) is 12.5 Å². The molecule has 0 bridgehead atoms. The average molecular weight is 358 g/mol. The molecule has 0 radical (unpaired) electrons. The molecule has 1 unspecified atom stereocenters. The second kappa shape index (κ2) is 7.90. The summed E-state index contributed by atoms with van der Waals surface area (Å²) in [5.41, 5.74) is 0.557. The summed E-state index contributed by atoms with van der Waals surface area (Å²) < 4.78 is 43.9. The van der Waals surface area contributed by atoms with Crippen LogP contribution in [-0.2, 0) is 12.7 Å². The van der Waals surface area contributed by atoms with E-state index in [1.807, 2.05) is 18.2 Å². The smallest absolute Gasteiger partial charge is 0.416 e. The summed E-state index contributed by atoms with van der Waals surface area (Å²) in [5, 5.41) is 0. The van der Waals surface area contributed by atoms with Crippen LogP contribution in [0.15, 0.2) is 54.6 Å². The van der Waals surface area contributed by atoms with Crippen molar-refractivity contribution < 1.29 is 17.9 Å². The molecule has 0 N–H and O–H groups in total. The molecule has 24 heavy (non-hydrogen) atoms. The van der Waals surface area contributed by atoms with E-state index in [1.54, 1.807) is 6.07 Å². The van der Waals surface area contributed by atoms with Crippen molar-refractivity contribution in [1.29, 1.82) is 0 Å². The van der Waals surface area contributed by atoms with E-state index in [0.29, 0.717) is 0 Å². The van der Waals surface area contributed by atoms with E-state index in [1.165, 1.54) is 11.6 Å². The Morgan fingerprint density at radius 1 is 1.04 bits per heavy atom. The molecule has 1 atom stereocenters. The summed E-state index contributed by atoms with van der Waals surface area (Å²) in [4.78, 5) is 2.26. The van der Waals surface area contributed by atoms with E-state index in [0.717, 1.165) is 38.2 Å². The molecule has 1 aliphatic heterocycles. The molecule has 6 heteroatoms. The Hall–Kier alpha value is -1.72. The SMILES string of the molecule is Cl.FC(F)(F)c1cccc(OC2CCN(Cc3ccccc3)C2)c1. The zero-order chi connectivity index (χ0) is 16.3. The Kier molecular flexibility index (Phi) is 6.13. The number of hydrogen-bond donors (Lipinski definition) is 0. The predicted molar refractivity (Wildman–Crippen MR) is 89.4 cm³/mol. The molecule has 1 saturated heterocycles. The van der Waals surface area contributed by atoms with Gasteiger partial charge in [0.2, 0.25) is 0 Å². The van der Waals surface area contributed by atoms with Gasteiger partial charge in [-0.25, -0.2) is 0 Å². The fourth-order valence-electron chi connectivity index (χ4n) is 2.82. The molecule has 2 aromatic rings. The Morgan fingerprint density at radius 2 is 1.79 bits per heavy atom. The fraction of sp³-hybridized carbons (Fsp3) is 0.333. The van der Waals surface area contributed by atoms with Gasteiger partial charge in [0.25, 0.3) is 0 Å². The molecule has 1 fully saturated rings. The standard InChI is InChI=1S/C18H18F3NO.ClH/c19-18(20,21)15-7-4-8-16(11-15)23-17-9-10-22(13-17)12-14-5-2-1-3-6-14;/h1-8,11,17H,9-10,12-13H2;1H. The number of rotatable bonds is 4. The minimum atomic E-state index is -4.34. The van der Waals surface area contributed by atoms with Gasteiger partial charge in [-0.05, 0) is 30.2 Å². The monoisotopic (exact) mass is 357 g/mol. The lowest BCUT2D eigenvalue weighted by Gasteiger charge is -2.17. The lowest BCUT2D eigenvalue weighted by atomic mass is 10.2. The number of ether oxygens (including phenoxy) is 1. The summed E-state index contributed by atoms with van der Waals surface area (Å²) in [5.74, 6) is 0.284. The van der Waals surface area contributed by atoms with E-state index in [-0.39, 0.29) is 24.3 Å². The van der Waals surface area contributed by atoms with E-state index in [9.17, 15) is 13.2 Å². The van der Waals surface area contributed by atoms with Gasteiger partial charge in [0.15, 0.2) is 0 Å². The van der Waals surface area contributed by atoms with E-state index >= 15 is 0 Å². The molecule has 0 amide bonds. The number of nitrogens with zero attached hydrogens (tertiary/aromatic N) is 1. The first-order valence-corrected chi connectivity index (χ1v) is 7.61. The Labute approximate surface area is 145 Å². The molecule has 1 aliphatic rings. The van der Waals surface area contributed by atoms with Crippen LogP contribution in [0.4, 0.5) is 13.2 Å². The van der Waals surface area contributed by atoms with Crippen LogP contribution in [0, 0.1) is 0 Å². The van der Waals surface area contributed by atoms with Gasteiger partial charge in [-0.1, -0.05) is 36.4 Å². The van der Waals surface area contributed by atoms with Gasteiger partial charge < -0.3 is 4.74 Å². The quantitative estimate of drug-likeness (QED) is 0.780. The van der Waals surface area contributed by atoms with Gasteiger partial charge in [-0.3, -0.25) is 4.90 Å². The third-order valence-electron chi connectivity index (χ3n) is 3.94. The number of benzene rings is 2. The average Bonchev–Trinajstić information content (AvgIpc) is 2.95. The molecule has 0 spiro atoms. The van der Waals surface area contributed by atoms with Crippen LogP contribution < -0.4 is 4.74 Å². The lowest BCUT2D eigenvalue weighted by molar-refractivity contribution is -0.137. The van der Waals surface area contributed by atoms with Crippen molar-refractivity contribution in [2.24, 2.45) is 0 Å².